The minimum atomic E-state index is 0. The molecule has 0 radical (unpaired) electrons. The molecule has 114 valence electrons. The molecule has 0 aromatic heterocycles. The molecule has 0 aliphatic rings. The van der Waals surface area contributed by atoms with Crippen LogP contribution in [0.15, 0.2) is 48.5 Å². The second kappa shape index (κ2) is 9.64. The predicted molar refractivity (Wildman–Crippen MR) is 79.8 cm³/mol. The van der Waals surface area contributed by atoms with Crippen molar-refractivity contribution < 1.29 is 27.6 Å². The first-order valence-corrected chi connectivity index (χ1v) is 7.05. The zero-order valence-electron chi connectivity index (χ0n) is 11.6. The fourth-order valence-electron chi connectivity index (χ4n) is 1.86. The van der Waals surface area contributed by atoms with Crippen LogP contribution in [0.25, 0.3) is 0 Å². The number of rotatable bonds is 7. The van der Waals surface area contributed by atoms with Gasteiger partial charge in [-0.3, -0.25) is 0 Å². The summed E-state index contributed by atoms with van der Waals surface area (Å²) in [6.45, 7) is 2.27. The van der Waals surface area contributed by atoms with Gasteiger partial charge in [0, 0.05) is 16.1 Å². The highest BCUT2D eigenvalue weighted by atomic mass is 35.5. The highest BCUT2D eigenvalue weighted by molar-refractivity contribution is 6.31. The summed E-state index contributed by atoms with van der Waals surface area (Å²) >= 11 is 6.08. The summed E-state index contributed by atoms with van der Waals surface area (Å²) < 4.78 is 5.72. The summed E-state index contributed by atoms with van der Waals surface area (Å²) in [6.07, 6.45) is 0. The van der Waals surface area contributed by atoms with E-state index in [-0.39, 0.29) is 19.0 Å². The van der Waals surface area contributed by atoms with Gasteiger partial charge in [-0.15, -0.1) is 0 Å². The standard InChI is InChI=1S/C16H18ClNO2.ClH/c17-16-4-2-1-3-14(16)12-20-15-7-5-13(6-8-15)11-18-9-10-19;/h1-8,18-19H,9-12H2;1H. The molecule has 0 bridgehead atoms. The minimum Gasteiger partial charge on any atom is -1.00 e. The molecule has 3 N–H and O–H groups in total. The van der Waals surface area contributed by atoms with Gasteiger partial charge in [-0.05, 0) is 30.3 Å². The van der Waals surface area contributed by atoms with Crippen molar-refractivity contribution in [2.24, 2.45) is 0 Å². The Bertz CT molecular complexity index is 532. The lowest BCUT2D eigenvalue weighted by Gasteiger charge is -2.08. The predicted octanol–water partition coefficient (Wildman–Crippen LogP) is -1.02. The highest BCUT2D eigenvalue weighted by Gasteiger charge is 2.01. The smallest absolute Gasteiger partial charge is 0.119 e. The van der Waals surface area contributed by atoms with Crippen LogP contribution in [0.5, 0.6) is 5.75 Å². The molecular formula is C16H19Cl2NO2. The zero-order chi connectivity index (χ0) is 14.2. The Balaban J connectivity index is 0.00000220. The second-order valence-electron chi connectivity index (χ2n) is 4.53. The molecule has 5 heteroatoms. The SMILES string of the molecule is OCC[NH2+]Cc1ccc(OCc2ccccc2Cl)cc1.[Cl-]. The Morgan fingerprint density at radius 1 is 1.05 bits per heavy atom. The number of ether oxygens (including phenoxy) is 1. The van der Waals surface area contributed by atoms with Gasteiger partial charge in [0.25, 0.3) is 0 Å². The molecule has 0 unspecified atom stereocenters. The van der Waals surface area contributed by atoms with Crippen LogP contribution in [0.1, 0.15) is 11.1 Å². The van der Waals surface area contributed by atoms with E-state index in [1.807, 2.05) is 48.5 Å². The topological polar surface area (TPSA) is 46.1 Å². The first-order valence-electron chi connectivity index (χ1n) is 6.67. The van der Waals surface area contributed by atoms with E-state index in [9.17, 15) is 0 Å². The van der Waals surface area contributed by atoms with E-state index in [1.54, 1.807) is 0 Å². The third-order valence-electron chi connectivity index (χ3n) is 2.99. The van der Waals surface area contributed by atoms with Crippen LogP contribution >= 0.6 is 11.6 Å². The number of nitrogens with two attached hydrogens (primary N) is 1. The number of aliphatic hydroxyl groups excluding tert-OH is 1. The molecule has 0 atom stereocenters. The van der Waals surface area contributed by atoms with Gasteiger partial charge < -0.3 is 27.6 Å². The maximum absolute atomic E-state index is 8.73. The Hall–Kier alpha value is -1.26. The first-order chi connectivity index (χ1) is 9.79. The zero-order valence-corrected chi connectivity index (χ0v) is 13.1. The molecule has 0 aliphatic carbocycles. The molecule has 0 amide bonds. The molecule has 0 heterocycles. The minimum absolute atomic E-state index is 0. The van der Waals surface area contributed by atoms with Crippen molar-refractivity contribution in [1.82, 2.24) is 0 Å². The quantitative estimate of drug-likeness (QED) is 0.639. The van der Waals surface area contributed by atoms with Gasteiger partial charge in [0.15, 0.2) is 0 Å². The van der Waals surface area contributed by atoms with Crippen molar-refractivity contribution in [3.8, 4) is 5.75 Å². The van der Waals surface area contributed by atoms with Gasteiger partial charge in [-0.2, -0.15) is 0 Å². The van der Waals surface area contributed by atoms with Gasteiger partial charge in [0.2, 0.25) is 0 Å². The number of halogens is 2. The van der Waals surface area contributed by atoms with E-state index in [1.165, 1.54) is 5.56 Å². The molecule has 21 heavy (non-hydrogen) atoms. The van der Waals surface area contributed by atoms with E-state index in [4.69, 9.17) is 21.4 Å². The van der Waals surface area contributed by atoms with Gasteiger partial charge in [0.05, 0.1) is 13.2 Å². The Kier molecular flexibility index (Phi) is 8.16. The summed E-state index contributed by atoms with van der Waals surface area (Å²) in [5.41, 5.74) is 2.19. The van der Waals surface area contributed by atoms with Crippen molar-refractivity contribution in [3.05, 3.63) is 64.7 Å². The van der Waals surface area contributed by atoms with E-state index in [0.29, 0.717) is 6.61 Å². The van der Waals surface area contributed by atoms with Crippen LogP contribution in [0.3, 0.4) is 0 Å². The normalized spacial score (nSPS) is 10.0. The van der Waals surface area contributed by atoms with Crippen LogP contribution in [0.2, 0.25) is 5.02 Å². The summed E-state index contributed by atoms with van der Waals surface area (Å²) in [5.74, 6) is 0.829. The average molecular weight is 328 g/mol. The second-order valence-corrected chi connectivity index (χ2v) is 4.94. The van der Waals surface area contributed by atoms with Crippen molar-refractivity contribution >= 4 is 11.6 Å². The van der Waals surface area contributed by atoms with Crippen molar-refractivity contribution in [2.45, 2.75) is 13.2 Å². The molecule has 0 saturated heterocycles. The van der Waals surface area contributed by atoms with Crippen LogP contribution in [0, 0.1) is 0 Å². The van der Waals surface area contributed by atoms with Gasteiger partial charge >= 0.3 is 0 Å². The molecule has 0 fully saturated rings. The first kappa shape index (κ1) is 17.8. The van der Waals surface area contributed by atoms with Gasteiger partial charge in [0.1, 0.15) is 18.9 Å². The maximum Gasteiger partial charge on any atom is 0.119 e. The van der Waals surface area contributed by atoms with Crippen LogP contribution in [-0.2, 0) is 13.2 Å². The lowest BCUT2D eigenvalue weighted by Crippen LogP contribution is -3.00. The van der Waals surface area contributed by atoms with E-state index < -0.39 is 0 Å². The molecule has 0 aliphatic heterocycles. The molecule has 2 aromatic carbocycles. The van der Waals surface area contributed by atoms with Crippen LogP contribution in [-0.4, -0.2) is 18.3 Å². The fraction of sp³-hybridized carbons (Fsp3) is 0.250. The van der Waals surface area contributed by atoms with Crippen molar-refractivity contribution in [1.29, 1.82) is 0 Å². The molecule has 3 nitrogen and oxygen atoms in total. The molecular weight excluding hydrogens is 309 g/mol. The van der Waals surface area contributed by atoms with Crippen molar-refractivity contribution in [3.63, 3.8) is 0 Å². The molecule has 2 rings (SSSR count). The number of hydrogen-bond acceptors (Lipinski definition) is 2. The molecule has 2 aromatic rings. The van der Waals surface area contributed by atoms with Gasteiger partial charge in [-0.25, -0.2) is 0 Å². The highest BCUT2D eigenvalue weighted by Crippen LogP contribution is 2.18. The largest absolute Gasteiger partial charge is 1.00 e. The number of hydrogen-bond donors (Lipinski definition) is 2. The molecule has 0 spiro atoms. The monoisotopic (exact) mass is 327 g/mol. The third-order valence-corrected chi connectivity index (χ3v) is 3.36. The third kappa shape index (κ3) is 5.94. The average Bonchev–Trinajstić information content (AvgIpc) is 2.48. The van der Waals surface area contributed by atoms with E-state index >= 15 is 0 Å². The van der Waals surface area contributed by atoms with Crippen LogP contribution in [0.4, 0.5) is 0 Å². The Labute approximate surface area is 136 Å². The fourth-order valence-corrected chi connectivity index (χ4v) is 2.05. The summed E-state index contributed by atoms with van der Waals surface area (Å²) in [6, 6.07) is 15.7. The molecule has 0 saturated carbocycles. The van der Waals surface area contributed by atoms with Crippen molar-refractivity contribution in [2.75, 3.05) is 13.2 Å². The summed E-state index contributed by atoms with van der Waals surface area (Å²) in [7, 11) is 0. The lowest BCUT2D eigenvalue weighted by atomic mass is 10.2. The summed E-state index contributed by atoms with van der Waals surface area (Å²) in [4.78, 5) is 0. The Morgan fingerprint density at radius 2 is 1.76 bits per heavy atom. The van der Waals surface area contributed by atoms with E-state index in [0.717, 1.165) is 29.4 Å². The number of quaternary nitrogens is 1. The maximum atomic E-state index is 8.73. The number of benzene rings is 2. The van der Waals surface area contributed by atoms with Gasteiger partial charge in [-0.1, -0.05) is 29.8 Å². The van der Waals surface area contributed by atoms with E-state index in [2.05, 4.69) is 5.32 Å². The van der Waals surface area contributed by atoms with Crippen LogP contribution < -0.4 is 22.5 Å². The Morgan fingerprint density at radius 3 is 2.43 bits per heavy atom. The summed E-state index contributed by atoms with van der Waals surface area (Å²) in [5, 5.41) is 11.5. The number of aliphatic hydroxyl groups is 1. The lowest BCUT2D eigenvalue weighted by molar-refractivity contribution is -0.671.